The van der Waals surface area contributed by atoms with Gasteiger partial charge in [-0.2, -0.15) is 17.9 Å². The van der Waals surface area contributed by atoms with E-state index in [1.807, 2.05) is 0 Å². The van der Waals surface area contributed by atoms with E-state index in [9.17, 15) is 31.2 Å². The zero-order valence-electron chi connectivity index (χ0n) is 19.3. The van der Waals surface area contributed by atoms with E-state index in [0.717, 1.165) is 17.0 Å². The predicted molar refractivity (Wildman–Crippen MR) is 129 cm³/mol. The maximum Gasteiger partial charge on any atom is 0.421 e. The van der Waals surface area contributed by atoms with Gasteiger partial charge < -0.3 is 0 Å². The topological polar surface area (TPSA) is 83.6 Å². The molecule has 0 fully saturated rings. The van der Waals surface area contributed by atoms with Crippen LogP contribution < -0.4 is 9.62 Å². The number of benzene rings is 2. The molecule has 1 atom stereocenters. The van der Waals surface area contributed by atoms with Crippen LogP contribution in [0.25, 0.3) is 0 Å². The van der Waals surface area contributed by atoms with Gasteiger partial charge in [0, 0.05) is 12.1 Å². The summed E-state index contributed by atoms with van der Waals surface area (Å²) in [6.45, 7) is 5.03. The minimum Gasteiger partial charge on any atom is -0.294 e. The number of hydrogen-bond acceptors (Lipinski definition) is 4. The van der Waals surface area contributed by atoms with Crippen LogP contribution in [0, 0.1) is 12.3 Å². The summed E-state index contributed by atoms with van der Waals surface area (Å²) >= 11 is 12.0. The zero-order valence-corrected chi connectivity index (χ0v) is 21.7. The number of halogens is 5. The SMILES string of the molecule is Cc1ccc(S(=O)(=O)NC2(C(F)(F)F)C(=O)N(c3ccc(Cl)c(Cl)c3)C3=C2C(=O)CC(C)(C)C3)cc1. The van der Waals surface area contributed by atoms with E-state index in [2.05, 4.69) is 0 Å². The number of nitrogens with zero attached hydrogens (tertiary/aromatic N) is 1. The third kappa shape index (κ3) is 4.23. The molecule has 1 aliphatic heterocycles. The minimum absolute atomic E-state index is 0.0322. The molecule has 12 heteroatoms. The van der Waals surface area contributed by atoms with Gasteiger partial charge in [0.15, 0.2) is 5.78 Å². The number of allylic oxidation sites excluding steroid dienone is 1. The molecule has 0 bridgehead atoms. The monoisotopic (exact) mass is 560 g/mol. The van der Waals surface area contributed by atoms with Crippen LogP contribution in [0.3, 0.4) is 0 Å². The first-order valence-electron chi connectivity index (χ1n) is 10.7. The number of hydrogen-bond donors (Lipinski definition) is 1. The lowest BCUT2D eigenvalue weighted by atomic mass is 9.72. The fourth-order valence-corrected chi connectivity index (χ4v) is 6.21. The van der Waals surface area contributed by atoms with E-state index < -0.39 is 49.3 Å². The second-order valence-corrected chi connectivity index (χ2v) is 12.2. The van der Waals surface area contributed by atoms with Gasteiger partial charge in [-0.25, -0.2) is 8.42 Å². The summed E-state index contributed by atoms with van der Waals surface area (Å²) in [7, 11) is -4.91. The highest BCUT2D eigenvalue weighted by atomic mass is 35.5. The standard InChI is InChI=1S/C24H21Cl2F3N2O4S/c1-13-4-7-15(8-5-13)36(34,35)30-23(24(27,28)29)20-18(11-22(2,3)12-19(20)32)31(21(23)33)14-6-9-16(25)17(26)10-14/h4-10,30H,11-12H2,1-3H3. The molecule has 1 N–H and O–H groups in total. The molecule has 0 radical (unpaired) electrons. The Balaban J connectivity index is 1.99. The number of alkyl halides is 3. The van der Waals surface area contributed by atoms with Crippen molar-refractivity contribution in [2.24, 2.45) is 5.41 Å². The molecule has 192 valence electrons. The number of carbonyl (C=O) groups excluding carboxylic acids is 2. The molecule has 36 heavy (non-hydrogen) atoms. The Morgan fingerprint density at radius 1 is 0.972 bits per heavy atom. The smallest absolute Gasteiger partial charge is 0.294 e. The molecule has 0 saturated heterocycles. The zero-order chi connectivity index (χ0) is 26.8. The van der Waals surface area contributed by atoms with E-state index in [1.54, 1.807) is 25.5 Å². The fraction of sp³-hybridized carbons (Fsp3) is 0.333. The van der Waals surface area contributed by atoms with Crippen LogP contribution in [-0.4, -0.2) is 31.8 Å². The summed E-state index contributed by atoms with van der Waals surface area (Å²) in [6.07, 6.45) is -5.90. The number of nitrogens with one attached hydrogen (secondary N) is 1. The Labute approximate surface area is 216 Å². The number of aryl methyl sites for hydroxylation is 1. The summed E-state index contributed by atoms with van der Waals surface area (Å²) < 4.78 is 72.8. The third-order valence-corrected chi connectivity index (χ3v) is 8.43. The molecule has 1 aliphatic carbocycles. The summed E-state index contributed by atoms with van der Waals surface area (Å²) in [5.74, 6) is -2.64. The van der Waals surface area contributed by atoms with Crippen LogP contribution in [0.2, 0.25) is 10.0 Å². The van der Waals surface area contributed by atoms with E-state index in [4.69, 9.17) is 23.2 Å². The lowest BCUT2D eigenvalue weighted by Crippen LogP contribution is -2.66. The Kier molecular flexibility index (Phi) is 6.35. The summed E-state index contributed by atoms with van der Waals surface area (Å²) in [4.78, 5) is 27.3. The number of Topliss-reactive ketones (excluding diaryl/α,β-unsaturated/α-hetero) is 1. The molecule has 0 spiro atoms. The van der Waals surface area contributed by atoms with E-state index in [0.29, 0.717) is 5.56 Å². The first-order valence-corrected chi connectivity index (χ1v) is 13.0. The average Bonchev–Trinajstić information content (AvgIpc) is 2.97. The van der Waals surface area contributed by atoms with Gasteiger partial charge in [0.25, 0.3) is 5.91 Å². The largest absolute Gasteiger partial charge is 0.421 e. The van der Waals surface area contributed by atoms with Crippen molar-refractivity contribution in [1.29, 1.82) is 0 Å². The van der Waals surface area contributed by atoms with Gasteiger partial charge in [-0.15, -0.1) is 0 Å². The number of amides is 1. The molecule has 0 saturated carbocycles. The Bertz CT molecular complexity index is 1420. The fourth-order valence-electron chi connectivity index (χ4n) is 4.59. The maximum absolute atomic E-state index is 14.9. The van der Waals surface area contributed by atoms with Gasteiger partial charge in [-0.1, -0.05) is 54.7 Å². The summed E-state index contributed by atoms with van der Waals surface area (Å²) in [6, 6.07) is 8.84. The van der Waals surface area contributed by atoms with Gasteiger partial charge in [-0.05, 0) is 49.1 Å². The Morgan fingerprint density at radius 2 is 1.58 bits per heavy atom. The van der Waals surface area contributed by atoms with Crippen molar-refractivity contribution < 1.29 is 31.2 Å². The van der Waals surface area contributed by atoms with Gasteiger partial charge in [0.05, 0.1) is 26.2 Å². The third-order valence-electron chi connectivity index (χ3n) is 6.23. The maximum atomic E-state index is 14.9. The highest BCUT2D eigenvalue weighted by molar-refractivity contribution is 7.89. The predicted octanol–water partition coefficient (Wildman–Crippen LogP) is 5.57. The number of ketones is 1. The quantitative estimate of drug-likeness (QED) is 0.529. The van der Waals surface area contributed by atoms with Crippen LogP contribution in [0.5, 0.6) is 0 Å². The van der Waals surface area contributed by atoms with Crippen molar-refractivity contribution in [3.05, 3.63) is 69.3 Å². The van der Waals surface area contributed by atoms with Crippen LogP contribution in [-0.2, 0) is 19.6 Å². The van der Waals surface area contributed by atoms with Crippen molar-refractivity contribution >= 4 is 50.6 Å². The molecular formula is C24H21Cl2F3N2O4S. The number of anilines is 1. The molecular weight excluding hydrogens is 540 g/mol. The second kappa shape index (κ2) is 8.58. The normalized spacial score (nSPS) is 22.3. The average molecular weight is 561 g/mol. The molecule has 1 amide bonds. The van der Waals surface area contributed by atoms with Crippen molar-refractivity contribution in [2.75, 3.05) is 4.90 Å². The lowest BCUT2D eigenvalue weighted by Gasteiger charge is -2.35. The Hall–Kier alpha value is -2.40. The van der Waals surface area contributed by atoms with Gasteiger partial charge in [0.2, 0.25) is 15.6 Å². The van der Waals surface area contributed by atoms with Crippen LogP contribution in [0.4, 0.5) is 18.9 Å². The summed E-state index contributed by atoms with van der Waals surface area (Å²) in [5.41, 5.74) is -5.18. The van der Waals surface area contributed by atoms with E-state index in [-0.39, 0.29) is 34.3 Å². The number of rotatable bonds is 4. The van der Waals surface area contributed by atoms with Crippen molar-refractivity contribution in [1.82, 2.24) is 4.72 Å². The van der Waals surface area contributed by atoms with E-state index >= 15 is 0 Å². The molecule has 2 aromatic rings. The first kappa shape index (κ1) is 26.7. The van der Waals surface area contributed by atoms with Gasteiger partial charge in [-0.3, -0.25) is 14.5 Å². The lowest BCUT2D eigenvalue weighted by molar-refractivity contribution is -0.184. The molecule has 1 heterocycles. The van der Waals surface area contributed by atoms with Gasteiger partial charge >= 0.3 is 6.18 Å². The van der Waals surface area contributed by atoms with Crippen molar-refractivity contribution in [3.63, 3.8) is 0 Å². The first-order chi connectivity index (χ1) is 16.5. The molecule has 2 aromatic carbocycles. The molecule has 1 unspecified atom stereocenters. The highest BCUT2D eigenvalue weighted by Crippen LogP contribution is 2.53. The molecule has 4 rings (SSSR count). The Morgan fingerprint density at radius 3 is 2.14 bits per heavy atom. The molecule has 0 aromatic heterocycles. The molecule has 2 aliphatic rings. The van der Waals surface area contributed by atoms with E-state index in [1.165, 1.54) is 30.3 Å². The van der Waals surface area contributed by atoms with Crippen LogP contribution in [0.1, 0.15) is 32.3 Å². The molecule has 6 nitrogen and oxygen atoms in total. The summed E-state index contributed by atoms with van der Waals surface area (Å²) in [5, 5.41) is 0.0683. The second-order valence-electron chi connectivity index (χ2n) is 9.67. The highest BCUT2D eigenvalue weighted by Gasteiger charge is 2.72. The number of sulfonamides is 1. The van der Waals surface area contributed by atoms with Crippen molar-refractivity contribution in [3.8, 4) is 0 Å². The van der Waals surface area contributed by atoms with Gasteiger partial charge in [0.1, 0.15) is 0 Å². The number of carbonyl (C=O) groups is 2. The van der Waals surface area contributed by atoms with Crippen LogP contribution in [0.15, 0.2) is 58.6 Å². The minimum atomic E-state index is -5.50. The van der Waals surface area contributed by atoms with Crippen molar-refractivity contribution in [2.45, 2.75) is 50.2 Å². The van der Waals surface area contributed by atoms with Crippen LogP contribution >= 0.6 is 23.2 Å².